The molecule has 25 heavy (non-hydrogen) atoms. The van der Waals surface area contributed by atoms with Crippen LogP contribution in [0.4, 0.5) is 0 Å². The highest BCUT2D eigenvalue weighted by Gasteiger charge is 2.31. The van der Waals surface area contributed by atoms with Crippen LogP contribution >= 0.6 is 11.8 Å². The van der Waals surface area contributed by atoms with E-state index < -0.39 is 0 Å². The van der Waals surface area contributed by atoms with Gasteiger partial charge >= 0.3 is 0 Å². The number of aliphatic imine (C=N–C) groups is 1. The number of hydrogen-bond acceptors (Lipinski definition) is 5. The maximum absolute atomic E-state index is 5.82. The molecular weight excluding hydrogens is 336 g/mol. The SMILES string of the molecule is CCNC(=NCc1ncc(C(C)(C)C)o1)NCC1(SC)CCOCC1. The van der Waals surface area contributed by atoms with E-state index in [0.29, 0.717) is 12.4 Å². The zero-order valence-electron chi connectivity index (χ0n) is 16.1. The summed E-state index contributed by atoms with van der Waals surface area (Å²) in [6.45, 7) is 12.2. The van der Waals surface area contributed by atoms with Crippen molar-refractivity contribution in [3.8, 4) is 0 Å². The zero-order chi connectivity index (χ0) is 18.3. The molecule has 0 unspecified atom stereocenters. The Bertz CT molecular complexity index is 560. The molecule has 1 aliphatic heterocycles. The van der Waals surface area contributed by atoms with Crippen LogP contribution in [-0.4, -0.2) is 48.2 Å². The molecule has 0 radical (unpaired) electrons. The highest BCUT2D eigenvalue weighted by molar-refractivity contribution is 8.00. The summed E-state index contributed by atoms with van der Waals surface area (Å²) in [5.41, 5.74) is -0.0362. The first-order valence-electron chi connectivity index (χ1n) is 8.99. The number of ether oxygens (including phenoxy) is 1. The van der Waals surface area contributed by atoms with Gasteiger partial charge in [0.25, 0.3) is 0 Å². The number of guanidine groups is 1. The lowest BCUT2D eigenvalue weighted by molar-refractivity contribution is 0.0783. The topological polar surface area (TPSA) is 71.7 Å². The van der Waals surface area contributed by atoms with Crippen molar-refractivity contribution in [1.82, 2.24) is 15.6 Å². The van der Waals surface area contributed by atoms with Crippen LogP contribution in [0.3, 0.4) is 0 Å². The third-order valence-electron chi connectivity index (χ3n) is 4.42. The first-order valence-corrected chi connectivity index (χ1v) is 10.2. The lowest BCUT2D eigenvalue weighted by Gasteiger charge is -2.36. The van der Waals surface area contributed by atoms with E-state index in [2.05, 4.69) is 54.6 Å². The molecule has 0 bridgehead atoms. The normalized spacial score (nSPS) is 18.2. The molecule has 0 aliphatic carbocycles. The Morgan fingerprint density at radius 3 is 2.60 bits per heavy atom. The molecule has 142 valence electrons. The number of aromatic nitrogens is 1. The van der Waals surface area contributed by atoms with E-state index in [9.17, 15) is 0 Å². The van der Waals surface area contributed by atoms with Crippen LogP contribution in [0.1, 0.15) is 52.2 Å². The van der Waals surface area contributed by atoms with Gasteiger partial charge in [0.05, 0.1) is 6.20 Å². The lowest BCUT2D eigenvalue weighted by Crippen LogP contribution is -2.47. The molecule has 7 heteroatoms. The molecular formula is C18H32N4O2S. The number of nitrogens with zero attached hydrogens (tertiary/aromatic N) is 2. The van der Waals surface area contributed by atoms with E-state index in [4.69, 9.17) is 9.15 Å². The molecule has 1 fully saturated rings. The summed E-state index contributed by atoms with van der Waals surface area (Å²) in [4.78, 5) is 8.97. The first kappa shape index (κ1) is 20.1. The number of thioether (sulfide) groups is 1. The van der Waals surface area contributed by atoms with Crippen LogP contribution in [0.5, 0.6) is 0 Å². The highest BCUT2D eigenvalue weighted by atomic mass is 32.2. The predicted molar refractivity (Wildman–Crippen MR) is 104 cm³/mol. The van der Waals surface area contributed by atoms with Gasteiger partial charge < -0.3 is 19.8 Å². The molecule has 2 rings (SSSR count). The third kappa shape index (κ3) is 5.92. The average molecular weight is 369 g/mol. The van der Waals surface area contributed by atoms with Crippen molar-refractivity contribution in [3.63, 3.8) is 0 Å². The van der Waals surface area contributed by atoms with Crippen molar-refractivity contribution in [2.45, 2.75) is 57.2 Å². The fraction of sp³-hybridized carbons (Fsp3) is 0.778. The molecule has 2 heterocycles. The Labute approximate surface area is 155 Å². The van der Waals surface area contributed by atoms with Crippen LogP contribution in [0.15, 0.2) is 15.6 Å². The minimum Gasteiger partial charge on any atom is -0.443 e. The molecule has 0 saturated carbocycles. The van der Waals surface area contributed by atoms with Gasteiger partial charge in [-0.1, -0.05) is 20.8 Å². The summed E-state index contributed by atoms with van der Waals surface area (Å²) in [6, 6.07) is 0. The van der Waals surface area contributed by atoms with Gasteiger partial charge in [0.15, 0.2) is 5.96 Å². The smallest absolute Gasteiger partial charge is 0.216 e. The van der Waals surface area contributed by atoms with Crippen LogP contribution in [0.2, 0.25) is 0 Å². The predicted octanol–water partition coefficient (Wildman–Crippen LogP) is 2.94. The number of hydrogen-bond donors (Lipinski definition) is 2. The Hall–Kier alpha value is -1.21. The van der Waals surface area contributed by atoms with E-state index in [0.717, 1.165) is 50.9 Å². The number of nitrogens with one attached hydrogen (secondary N) is 2. The van der Waals surface area contributed by atoms with E-state index in [1.807, 2.05) is 11.8 Å². The zero-order valence-corrected chi connectivity index (χ0v) is 17.0. The van der Waals surface area contributed by atoms with Gasteiger partial charge in [-0.25, -0.2) is 9.98 Å². The minimum atomic E-state index is -0.0362. The Morgan fingerprint density at radius 2 is 2.04 bits per heavy atom. The summed E-state index contributed by atoms with van der Waals surface area (Å²) in [5, 5.41) is 6.78. The van der Waals surface area contributed by atoms with E-state index in [1.54, 1.807) is 6.20 Å². The molecule has 6 nitrogen and oxygen atoms in total. The van der Waals surface area contributed by atoms with Gasteiger partial charge in [0, 0.05) is 36.5 Å². The number of rotatable bonds is 6. The van der Waals surface area contributed by atoms with Crippen molar-refractivity contribution in [3.05, 3.63) is 17.8 Å². The first-order chi connectivity index (χ1) is 11.9. The second kappa shape index (κ2) is 8.94. The molecule has 0 aromatic carbocycles. The molecule has 0 spiro atoms. The Morgan fingerprint density at radius 1 is 1.32 bits per heavy atom. The van der Waals surface area contributed by atoms with Gasteiger partial charge in [-0.05, 0) is 26.0 Å². The summed E-state index contributed by atoms with van der Waals surface area (Å²) in [7, 11) is 0. The second-order valence-electron chi connectivity index (χ2n) is 7.42. The quantitative estimate of drug-likeness (QED) is 0.594. The fourth-order valence-corrected chi connectivity index (χ4v) is 3.45. The van der Waals surface area contributed by atoms with Crippen molar-refractivity contribution in [1.29, 1.82) is 0 Å². The van der Waals surface area contributed by atoms with E-state index in [-0.39, 0.29) is 10.2 Å². The maximum atomic E-state index is 5.82. The maximum Gasteiger partial charge on any atom is 0.216 e. The second-order valence-corrected chi connectivity index (χ2v) is 8.69. The summed E-state index contributed by atoms with van der Waals surface area (Å²) < 4.78 is 11.5. The molecule has 1 aliphatic rings. The van der Waals surface area contributed by atoms with Gasteiger partial charge in [0.1, 0.15) is 12.3 Å². The summed E-state index contributed by atoms with van der Waals surface area (Å²) in [5.74, 6) is 2.34. The van der Waals surface area contributed by atoms with Crippen molar-refractivity contribution < 1.29 is 9.15 Å². The van der Waals surface area contributed by atoms with Crippen LogP contribution in [0.25, 0.3) is 0 Å². The largest absolute Gasteiger partial charge is 0.443 e. The van der Waals surface area contributed by atoms with E-state index in [1.165, 1.54) is 0 Å². The highest BCUT2D eigenvalue weighted by Crippen LogP contribution is 2.32. The molecule has 1 aromatic rings. The fourth-order valence-electron chi connectivity index (χ4n) is 2.66. The molecule has 0 atom stereocenters. The molecule has 2 N–H and O–H groups in total. The van der Waals surface area contributed by atoms with Gasteiger partial charge in [-0.3, -0.25) is 0 Å². The van der Waals surface area contributed by atoms with Crippen LogP contribution < -0.4 is 10.6 Å². The van der Waals surface area contributed by atoms with Gasteiger partial charge in [0.2, 0.25) is 5.89 Å². The average Bonchev–Trinajstić information content (AvgIpc) is 3.07. The van der Waals surface area contributed by atoms with Crippen LogP contribution in [0, 0.1) is 0 Å². The van der Waals surface area contributed by atoms with Crippen molar-refractivity contribution >= 4 is 17.7 Å². The summed E-state index contributed by atoms with van der Waals surface area (Å²) in [6.07, 6.45) is 6.11. The van der Waals surface area contributed by atoms with Crippen molar-refractivity contribution in [2.75, 3.05) is 32.6 Å². The molecule has 1 aromatic heterocycles. The monoisotopic (exact) mass is 368 g/mol. The Kier molecular flexibility index (Phi) is 7.19. The van der Waals surface area contributed by atoms with Gasteiger partial charge in [-0.2, -0.15) is 11.8 Å². The Balaban J connectivity index is 1.97. The van der Waals surface area contributed by atoms with Crippen LogP contribution in [-0.2, 0) is 16.7 Å². The number of oxazole rings is 1. The minimum absolute atomic E-state index is 0.0362. The molecule has 0 amide bonds. The lowest BCUT2D eigenvalue weighted by atomic mass is 9.94. The summed E-state index contributed by atoms with van der Waals surface area (Å²) >= 11 is 1.92. The molecule has 1 saturated heterocycles. The van der Waals surface area contributed by atoms with Crippen molar-refractivity contribution in [2.24, 2.45) is 4.99 Å². The van der Waals surface area contributed by atoms with E-state index >= 15 is 0 Å². The van der Waals surface area contributed by atoms with Gasteiger partial charge in [-0.15, -0.1) is 0 Å². The standard InChI is InChI=1S/C18H32N4O2S/c1-6-19-16(22-13-18(25-5)7-9-23-10-8-18)21-12-15-20-11-14(24-15)17(2,3)4/h11H,6-10,12-13H2,1-5H3,(H2,19,21,22). The third-order valence-corrected chi connectivity index (χ3v) is 5.84.